The molecule has 0 aliphatic heterocycles. The first kappa shape index (κ1) is 19.4. The van der Waals surface area contributed by atoms with Crippen LogP contribution in [0.2, 0.25) is 0 Å². The largest absolute Gasteiger partial charge is 0.496 e. The van der Waals surface area contributed by atoms with Crippen molar-refractivity contribution in [2.24, 2.45) is 0 Å². The standard InChI is InChI=1S/C20H26N2O4/c1-13-8-14(2)10-16(9-13)22-20(23)21-7-6-15-11-18(25-4)19(26-5)12-17(15)24-3/h8-12H,6-7H2,1-5H3,(H2,21,22,23). The number of ether oxygens (including phenoxy) is 3. The number of anilines is 1. The highest BCUT2D eigenvalue weighted by Gasteiger charge is 2.12. The van der Waals surface area contributed by atoms with Gasteiger partial charge in [0.1, 0.15) is 5.75 Å². The Labute approximate surface area is 154 Å². The second kappa shape index (κ2) is 8.99. The van der Waals surface area contributed by atoms with Crippen molar-refractivity contribution in [3.05, 3.63) is 47.0 Å². The van der Waals surface area contributed by atoms with Gasteiger partial charge >= 0.3 is 6.03 Å². The van der Waals surface area contributed by atoms with Crippen LogP contribution >= 0.6 is 0 Å². The molecule has 0 bridgehead atoms. The predicted octanol–water partition coefficient (Wildman–Crippen LogP) is 3.69. The van der Waals surface area contributed by atoms with Crippen molar-refractivity contribution in [1.82, 2.24) is 5.32 Å². The molecule has 0 aromatic heterocycles. The van der Waals surface area contributed by atoms with Crippen LogP contribution in [0.5, 0.6) is 17.2 Å². The zero-order chi connectivity index (χ0) is 19.1. The smallest absolute Gasteiger partial charge is 0.319 e. The lowest BCUT2D eigenvalue weighted by Gasteiger charge is -2.14. The molecule has 2 rings (SSSR count). The molecular weight excluding hydrogens is 332 g/mol. The second-order valence-corrected chi connectivity index (χ2v) is 6.03. The van der Waals surface area contributed by atoms with Crippen LogP contribution in [0.4, 0.5) is 10.5 Å². The van der Waals surface area contributed by atoms with Gasteiger partial charge in [0.05, 0.1) is 21.3 Å². The molecule has 2 amide bonds. The number of carbonyl (C=O) groups is 1. The van der Waals surface area contributed by atoms with Crippen LogP contribution in [0.25, 0.3) is 0 Å². The molecule has 0 spiro atoms. The summed E-state index contributed by atoms with van der Waals surface area (Å²) in [7, 11) is 4.77. The minimum atomic E-state index is -0.241. The molecule has 140 valence electrons. The number of aryl methyl sites for hydroxylation is 2. The molecule has 0 aliphatic carbocycles. The van der Waals surface area contributed by atoms with E-state index in [4.69, 9.17) is 14.2 Å². The molecule has 6 heteroatoms. The van der Waals surface area contributed by atoms with Gasteiger partial charge in [-0.15, -0.1) is 0 Å². The second-order valence-electron chi connectivity index (χ2n) is 6.03. The number of nitrogens with one attached hydrogen (secondary N) is 2. The SMILES string of the molecule is COc1cc(OC)c(OC)cc1CCNC(=O)Nc1cc(C)cc(C)c1. The highest BCUT2D eigenvalue weighted by atomic mass is 16.5. The van der Waals surface area contributed by atoms with E-state index >= 15 is 0 Å². The summed E-state index contributed by atoms with van der Waals surface area (Å²) in [6.45, 7) is 4.46. The maximum Gasteiger partial charge on any atom is 0.319 e. The molecule has 2 aromatic carbocycles. The predicted molar refractivity (Wildman–Crippen MR) is 103 cm³/mol. The number of urea groups is 1. The number of carbonyl (C=O) groups excluding carboxylic acids is 1. The van der Waals surface area contributed by atoms with Crippen LogP contribution in [0.15, 0.2) is 30.3 Å². The Bertz CT molecular complexity index is 754. The fraction of sp³-hybridized carbons (Fsp3) is 0.350. The summed E-state index contributed by atoms with van der Waals surface area (Å²) >= 11 is 0. The number of rotatable bonds is 7. The number of benzene rings is 2. The van der Waals surface area contributed by atoms with E-state index in [1.54, 1.807) is 27.4 Å². The van der Waals surface area contributed by atoms with Crippen LogP contribution in [0.1, 0.15) is 16.7 Å². The van der Waals surface area contributed by atoms with E-state index in [0.717, 1.165) is 22.4 Å². The number of hydrogen-bond acceptors (Lipinski definition) is 4. The summed E-state index contributed by atoms with van der Waals surface area (Å²) < 4.78 is 16.0. The molecule has 0 saturated heterocycles. The first-order valence-electron chi connectivity index (χ1n) is 8.39. The van der Waals surface area contributed by atoms with E-state index < -0.39 is 0 Å². The number of amides is 2. The molecule has 0 radical (unpaired) electrons. The molecule has 0 atom stereocenters. The van der Waals surface area contributed by atoms with Crippen LogP contribution in [0.3, 0.4) is 0 Å². The van der Waals surface area contributed by atoms with Gasteiger partial charge < -0.3 is 24.8 Å². The Morgan fingerprint density at radius 1 is 0.846 bits per heavy atom. The van der Waals surface area contributed by atoms with Crippen molar-refractivity contribution in [1.29, 1.82) is 0 Å². The van der Waals surface area contributed by atoms with E-state index in [2.05, 4.69) is 16.7 Å². The van der Waals surface area contributed by atoms with Gasteiger partial charge in [-0.2, -0.15) is 0 Å². The molecule has 2 aromatic rings. The molecule has 0 saturated carbocycles. The molecule has 26 heavy (non-hydrogen) atoms. The normalized spacial score (nSPS) is 10.2. The molecule has 2 N–H and O–H groups in total. The van der Waals surface area contributed by atoms with Gasteiger partial charge in [-0.1, -0.05) is 6.07 Å². The van der Waals surface area contributed by atoms with Crippen molar-refractivity contribution in [3.63, 3.8) is 0 Å². The summed E-state index contributed by atoms with van der Waals surface area (Å²) in [5.74, 6) is 1.93. The van der Waals surface area contributed by atoms with Gasteiger partial charge in [0, 0.05) is 18.3 Å². The quantitative estimate of drug-likeness (QED) is 0.792. The van der Waals surface area contributed by atoms with Crippen molar-refractivity contribution < 1.29 is 19.0 Å². The van der Waals surface area contributed by atoms with Gasteiger partial charge in [-0.05, 0) is 55.2 Å². The summed E-state index contributed by atoms with van der Waals surface area (Å²) in [5, 5.41) is 5.71. The summed E-state index contributed by atoms with van der Waals surface area (Å²) in [6.07, 6.45) is 0.601. The summed E-state index contributed by atoms with van der Waals surface area (Å²) in [5.41, 5.74) is 3.92. The van der Waals surface area contributed by atoms with Gasteiger partial charge in [0.2, 0.25) is 0 Å². The Morgan fingerprint density at radius 3 is 2.00 bits per heavy atom. The lowest BCUT2D eigenvalue weighted by molar-refractivity contribution is 0.252. The zero-order valence-electron chi connectivity index (χ0n) is 15.9. The first-order valence-corrected chi connectivity index (χ1v) is 8.39. The third kappa shape index (κ3) is 5.05. The zero-order valence-corrected chi connectivity index (χ0v) is 15.9. The van der Waals surface area contributed by atoms with Crippen molar-refractivity contribution in [2.45, 2.75) is 20.3 Å². The average molecular weight is 358 g/mol. The molecule has 0 aliphatic rings. The maximum atomic E-state index is 12.1. The third-order valence-electron chi connectivity index (χ3n) is 3.95. The van der Waals surface area contributed by atoms with Crippen LogP contribution in [0, 0.1) is 13.8 Å². The minimum Gasteiger partial charge on any atom is -0.496 e. The van der Waals surface area contributed by atoms with Crippen LogP contribution in [-0.2, 0) is 6.42 Å². The van der Waals surface area contributed by atoms with Gasteiger partial charge in [0.25, 0.3) is 0 Å². The third-order valence-corrected chi connectivity index (χ3v) is 3.95. The van der Waals surface area contributed by atoms with E-state index in [1.807, 2.05) is 32.0 Å². The highest BCUT2D eigenvalue weighted by molar-refractivity contribution is 5.89. The first-order chi connectivity index (χ1) is 12.5. The maximum absolute atomic E-state index is 12.1. The average Bonchev–Trinajstić information content (AvgIpc) is 2.60. The lowest BCUT2D eigenvalue weighted by Crippen LogP contribution is -2.30. The molecule has 0 fully saturated rings. The molecular formula is C20H26N2O4. The summed E-state index contributed by atoms with van der Waals surface area (Å²) in [4.78, 5) is 12.1. The Hall–Kier alpha value is -2.89. The van der Waals surface area contributed by atoms with Gasteiger partial charge in [-0.25, -0.2) is 4.79 Å². The Balaban J connectivity index is 1.97. The van der Waals surface area contributed by atoms with Crippen LogP contribution in [-0.4, -0.2) is 33.9 Å². The van der Waals surface area contributed by atoms with Crippen molar-refractivity contribution in [2.75, 3.05) is 33.2 Å². The van der Waals surface area contributed by atoms with E-state index in [1.165, 1.54) is 0 Å². The minimum absolute atomic E-state index is 0.241. The summed E-state index contributed by atoms with van der Waals surface area (Å²) in [6, 6.07) is 9.33. The lowest BCUT2D eigenvalue weighted by atomic mass is 10.1. The fourth-order valence-electron chi connectivity index (χ4n) is 2.82. The Kier molecular flexibility index (Phi) is 6.72. The van der Waals surface area contributed by atoms with Crippen LogP contribution < -0.4 is 24.8 Å². The number of methoxy groups -OCH3 is 3. The van der Waals surface area contributed by atoms with Crippen molar-refractivity contribution in [3.8, 4) is 17.2 Å². The fourth-order valence-corrected chi connectivity index (χ4v) is 2.82. The molecule has 0 heterocycles. The topological polar surface area (TPSA) is 68.8 Å². The highest BCUT2D eigenvalue weighted by Crippen LogP contribution is 2.34. The monoisotopic (exact) mass is 358 g/mol. The van der Waals surface area contributed by atoms with Gasteiger partial charge in [-0.3, -0.25) is 0 Å². The van der Waals surface area contributed by atoms with E-state index in [9.17, 15) is 4.79 Å². The van der Waals surface area contributed by atoms with Gasteiger partial charge in [0.15, 0.2) is 11.5 Å². The molecule has 6 nitrogen and oxygen atoms in total. The van der Waals surface area contributed by atoms with E-state index in [0.29, 0.717) is 30.2 Å². The molecule has 0 unspecified atom stereocenters. The van der Waals surface area contributed by atoms with E-state index in [-0.39, 0.29) is 6.03 Å². The van der Waals surface area contributed by atoms with Crippen molar-refractivity contribution >= 4 is 11.7 Å². The number of hydrogen-bond donors (Lipinski definition) is 2. The Morgan fingerprint density at radius 2 is 1.42 bits per heavy atom.